The van der Waals surface area contributed by atoms with Crippen molar-refractivity contribution in [3.05, 3.63) is 48.0 Å². The molecule has 1 aromatic carbocycles. The van der Waals surface area contributed by atoms with E-state index in [0.29, 0.717) is 18.5 Å². The number of benzene rings is 1. The number of likely N-dealkylation sites (tertiary alicyclic amines) is 1. The second-order valence-electron chi connectivity index (χ2n) is 5.07. The van der Waals surface area contributed by atoms with Crippen molar-refractivity contribution in [1.82, 2.24) is 4.90 Å². The summed E-state index contributed by atoms with van der Waals surface area (Å²) in [4.78, 5) is 12.9. The van der Waals surface area contributed by atoms with E-state index in [1.165, 1.54) is 17.0 Å². The maximum Gasteiger partial charge on any atom is 0.416 e. The molecule has 0 spiro atoms. The molecule has 1 N–H and O–H groups in total. The Morgan fingerprint density at radius 1 is 1.36 bits per heavy atom. The van der Waals surface area contributed by atoms with Gasteiger partial charge in [-0.05, 0) is 30.3 Å². The topological polar surface area (TPSA) is 40.5 Å². The molecule has 0 unspecified atom stereocenters. The fourth-order valence-electron chi connectivity index (χ4n) is 2.14. The van der Waals surface area contributed by atoms with Crippen LogP contribution in [0.2, 0.25) is 0 Å². The standard InChI is InChI=1S/C16H14F3NO2/c1-2-14(21)20-10-9-15(22,11-20)8-7-12-3-5-13(6-4-12)16(17,18)19/h2-6,22H,1,9-11H2/t15-/m0/s1. The Morgan fingerprint density at radius 3 is 2.55 bits per heavy atom. The molecule has 0 aromatic heterocycles. The van der Waals surface area contributed by atoms with Crippen LogP contribution in [-0.2, 0) is 11.0 Å². The lowest BCUT2D eigenvalue weighted by molar-refractivity contribution is -0.137. The Hall–Kier alpha value is -2.26. The van der Waals surface area contributed by atoms with Crippen molar-refractivity contribution in [2.45, 2.75) is 18.2 Å². The minimum atomic E-state index is -4.39. The number of carbonyl (C=O) groups is 1. The highest BCUT2D eigenvalue weighted by atomic mass is 19.4. The van der Waals surface area contributed by atoms with Crippen LogP contribution in [0.5, 0.6) is 0 Å². The average Bonchev–Trinajstić information content (AvgIpc) is 2.87. The molecule has 1 heterocycles. The number of hydrogen-bond acceptors (Lipinski definition) is 2. The fourth-order valence-corrected chi connectivity index (χ4v) is 2.14. The molecule has 1 aliphatic heterocycles. The maximum atomic E-state index is 12.4. The minimum absolute atomic E-state index is 0.0610. The zero-order chi connectivity index (χ0) is 16.4. The molecule has 0 bridgehead atoms. The monoisotopic (exact) mass is 309 g/mol. The summed E-state index contributed by atoms with van der Waals surface area (Å²) in [6.45, 7) is 3.80. The zero-order valence-electron chi connectivity index (χ0n) is 11.7. The summed E-state index contributed by atoms with van der Waals surface area (Å²) in [6, 6.07) is 4.38. The van der Waals surface area contributed by atoms with Crippen molar-refractivity contribution in [2.24, 2.45) is 0 Å². The van der Waals surface area contributed by atoms with Gasteiger partial charge in [-0.1, -0.05) is 18.4 Å². The van der Waals surface area contributed by atoms with Crippen LogP contribution < -0.4 is 0 Å². The van der Waals surface area contributed by atoms with E-state index in [4.69, 9.17) is 0 Å². The number of rotatable bonds is 1. The summed E-state index contributed by atoms with van der Waals surface area (Å²) in [7, 11) is 0. The summed E-state index contributed by atoms with van der Waals surface area (Å²) in [6.07, 6.45) is -2.93. The van der Waals surface area contributed by atoms with E-state index in [0.717, 1.165) is 18.2 Å². The van der Waals surface area contributed by atoms with Gasteiger partial charge in [-0.2, -0.15) is 13.2 Å². The number of β-amino-alcohol motifs (C(OH)–C–C–N with tert-alkyl or cyclic N) is 1. The van der Waals surface area contributed by atoms with Crippen LogP contribution in [-0.4, -0.2) is 34.6 Å². The summed E-state index contributed by atoms with van der Waals surface area (Å²) < 4.78 is 37.3. The lowest BCUT2D eigenvalue weighted by Crippen LogP contribution is -2.34. The molecular formula is C16H14F3NO2. The molecule has 1 fully saturated rings. The fraction of sp³-hybridized carbons (Fsp3) is 0.312. The Balaban J connectivity index is 2.10. The third-order valence-electron chi connectivity index (χ3n) is 3.39. The first kappa shape index (κ1) is 16.1. The first-order valence-electron chi connectivity index (χ1n) is 6.58. The Labute approximate surface area is 126 Å². The summed E-state index contributed by atoms with van der Waals surface area (Å²) in [5.74, 6) is 5.00. The van der Waals surface area contributed by atoms with Crippen LogP contribution in [0.15, 0.2) is 36.9 Å². The van der Waals surface area contributed by atoms with Gasteiger partial charge in [0.1, 0.15) is 5.60 Å². The Kier molecular flexibility index (Phi) is 4.29. The van der Waals surface area contributed by atoms with Crippen LogP contribution in [0, 0.1) is 11.8 Å². The minimum Gasteiger partial charge on any atom is -0.376 e. The van der Waals surface area contributed by atoms with Crippen LogP contribution >= 0.6 is 0 Å². The van der Waals surface area contributed by atoms with E-state index in [-0.39, 0.29) is 12.5 Å². The van der Waals surface area contributed by atoms with Crippen molar-refractivity contribution in [3.8, 4) is 11.8 Å². The van der Waals surface area contributed by atoms with Gasteiger partial charge >= 0.3 is 6.18 Å². The molecule has 6 heteroatoms. The molecule has 2 rings (SSSR count). The highest BCUT2D eigenvalue weighted by Crippen LogP contribution is 2.29. The normalized spacial score (nSPS) is 21.2. The number of aliphatic hydroxyl groups is 1. The van der Waals surface area contributed by atoms with E-state index >= 15 is 0 Å². The van der Waals surface area contributed by atoms with Crippen LogP contribution in [0.4, 0.5) is 13.2 Å². The number of alkyl halides is 3. The van der Waals surface area contributed by atoms with E-state index in [2.05, 4.69) is 18.4 Å². The molecular weight excluding hydrogens is 295 g/mol. The summed E-state index contributed by atoms with van der Waals surface area (Å²) in [5, 5.41) is 10.3. The number of amides is 1. The van der Waals surface area contributed by atoms with Gasteiger partial charge in [0, 0.05) is 18.5 Å². The molecule has 116 valence electrons. The van der Waals surface area contributed by atoms with Crippen LogP contribution in [0.25, 0.3) is 0 Å². The van der Waals surface area contributed by atoms with Gasteiger partial charge in [0.2, 0.25) is 5.91 Å². The second kappa shape index (κ2) is 5.85. The molecule has 0 aliphatic carbocycles. The quantitative estimate of drug-likeness (QED) is 0.638. The maximum absolute atomic E-state index is 12.4. The van der Waals surface area contributed by atoms with Crippen molar-refractivity contribution in [1.29, 1.82) is 0 Å². The van der Waals surface area contributed by atoms with Gasteiger partial charge < -0.3 is 10.0 Å². The largest absolute Gasteiger partial charge is 0.416 e. The lowest BCUT2D eigenvalue weighted by Gasteiger charge is -2.16. The van der Waals surface area contributed by atoms with Crippen LogP contribution in [0.3, 0.4) is 0 Å². The molecule has 1 amide bonds. The third kappa shape index (κ3) is 3.68. The predicted octanol–water partition coefficient (Wildman–Crippen LogP) is 2.21. The lowest BCUT2D eigenvalue weighted by atomic mass is 10.0. The number of hydrogen-bond donors (Lipinski definition) is 1. The molecule has 0 radical (unpaired) electrons. The SMILES string of the molecule is C=CC(=O)N1CC[C@@](O)(C#Cc2ccc(C(F)(F)F)cc2)C1. The Morgan fingerprint density at radius 2 is 2.00 bits per heavy atom. The molecule has 1 saturated heterocycles. The first-order valence-corrected chi connectivity index (χ1v) is 6.58. The Bertz CT molecular complexity index is 640. The van der Waals surface area contributed by atoms with Crippen molar-refractivity contribution < 1.29 is 23.1 Å². The molecule has 3 nitrogen and oxygen atoms in total. The van der Waals surface area contributed by atoms with E-state index in [1.807, 2.05) is 0 Å². The van der Waals surface area contributed by atoms with Gasteiger partial charge in [0.05, 0.1) is 12.1 Å². The van der Waals surface area contributed by atoms with Gasteiger partial charge in [-0.15, -0.1) is 0 Å². The van der Waals surface area contributed by atoms with Gasteiger partial charge in [0.25, 0.3) is 0 Å². The van der Waals surface area contributed by atoms with Crippen molar-refractivity contribution in [3.63, 3.8) is 0 Å². The van der Waals surface area contributed by atoms with E-state index in [1.54, 1.807) is 0 Å². The summed E-state index contributed by atoms with van der Waals surface area (Å²) in [5.41, 5.74) is -1.73. The van der Waals surface area contributed by atoms with Crippen molar-refractivity contribution >= 4 is 5.91 Å². The number of carbonyl (C=O) groups excluding carboxylic acids is 1. The number of halogens is 3. The second-order valence-corrected chi connectivity index (χ2v) is 5.07. The van der Waals surface area contributed by atoms with Gasteiger partial charge in [-0.3, -0.25) is 4.79 Å². The number of nitrogens with zero attached hydrogens (tertiary/aromatic N) is 1. The van der Waals surface area contributed by atoms with E-state index < -0.39 is 17.3 Å². The smallest absolute Gasteiger partial charge is 0.376 e. The van der Waals surface area contributed by atoms with Gasteiger partial charge in [-0.25, -0.2) is 0 Å². The predicted molar refractivity (Wildman–Crippen MR) is 74.7 cm³/mol. The average molecular weight is 309 g/mol. The highest BCUT2D eigenvalue weighted by molar-refractivity contribution is 5.87. The molecule has 1 aliphatic rings. The third-order valence-corrected chi connectivity index (χ3v) is 3.39. The molecule has 1 aromatic rings. The van der Waals surface area contributed by atoms with Gasteiger partial charge in [0.15, 0.2) is 0 Å². The first-order chi connectivity index (χ1) is 10.2. The van der Waals surface area contributed by atoms with Crippen LogP contribution in [0.1, 0.15) is 17.5 Å². The van der Waals surface area contributed by atoms with Crippen molar-refractivity contribution in [2.75, 3.05) is 13.1 Å². The highest BCUT2D eigenvalue weighted by Gasteiger charge is 2.36. The van der Waals surface area contributed by atoms with E-state index in [9.17, 15) is 23.1 Å². The zero-order valence-corrected chi connectivity index (χ0v) is 11.7. The molecule has 22 heavy (non-hydrogen) atoms. The molecule has 1 atom stereocenters. The molecule has 0 saturated carbocycles. The summed E-state index contributed by atoms with van der Waals surface area (Å²) >= 11 is 0.